The molecule has 7 heteroatoms. The second-order valence-corrected chi connectivity index (χ2v) is 10.3. The van der Waals surface area contributed by atoms with Crippen LogP contribution in [0.15, 0.2) is 21.9 Å². The van der Waals surface area contributed by atoms with Crippen molar-refractivity contribution in [2.45, 2.75) is 46.0 Å². The summed E-state index contributed by atoms with van der Waals surface area (Å²) in [5.74, 6) is 0.409. The van der Waals surface area contributed by atoms with E-state index in [2.05, 4.69) is 0 Å². The van der Waals surface area contributed by atoms with Crippen LogP contribution < -0.4 is 0 Å². The quantitative estimate of drug-likeness (QED) is 0.806. The molecule has 1 heterocycles. The molecule has 0 radical (unpaired) electrons. The minimum absolute atomic E-state index is 0.0858. The van der Waals surface area contributed by atoms with E-state index < -0.39 is 9.84 Å². The molecule has 1 saturated carbocycles. The van der Waals surface area contributed by atoms with Gasteiger partial charge >= 0.3 is 0 Å². The molecule has 0 bridgehead atoms. The third kappa shape index (κ3) is 2.95. The lowest BCUT2D eigenvalue weighted by atomic mass is 9.98. The summed E-state index contributed by atoms with van der Waals surface area (Å²) in [6, 6.07) is 3.40. The van der Waals surface area contributed by atoms with Gasteiger partial charge in [-0.15, -0.1) is 11.8 Å². The molecule has 1 aliphatic heterocycles. The van der Waals surface area contributed by atoms with E-state index >= 15 is 0 Å². The first kappa shape index (κ1) is 16.7. The lowest BCUT2D eigenvalue weighted by Crippen LogP contribution is -2.33. The number of halogens is 1. The zero-order chi connectivity index (χ0) is 15.9. The second kappa shape index (κ2) is 6.38. The zero-order valence-electron chi connectivity index (χ0n) is 12.2. The number of Topliss-reactive ketones (excluding diaryl/α,β-unsaturated/α-hetero) is 1. The molecule has 0 N–H and O–H groups in total. The van der Waals surface area contributed by atoms with Crippen molar-refractivity contribution < 1.29 is 13.2 Å². The summed E-state index contributed by atoms with van der Waals surface area (Å²) in [6.45, 7) is 0. The summed E-state index contributed by atoms with van der Waals surface area (Å²) < 4.78 is 23.9. The molecular weight excluding hydrogens is 360 g/mol. The van der Waals surface area contributed by atoms with Crippen molar-refractivity contribution >= 4 is 50.7 Å². The molecule has 1 fully saturated rings. The van der Waals surface area contributed by atoms with E-state index in [4.69, 9.17) is 11.6 Å². The summed E-state index contributed by atoms with van der Waals surface area (Å²) in [7, 11) is -3.17. The Morgan fingerprint density at radius 3 is 2.77 bits per heavy atom. The highest BCUT2D eigenvalue weighted by Gasteiger charge is 2.34. The highest BCUT2D eigenvalue weighted by atomic mass is 35.5. The molecule has 0 aromatic heterocycles. The summed E-state index contributed by atoms with van der Waals surface area (Å²) in [5.41, 5.74) is 0.718. The van der Waals surface area contributed by atoms with Gasteiger partial charge in [0.2, 0.25) is 0 Å². The van der Waals surface area contributed by atoms with E-state index in [1.54, 1.807) is 23.9 Å². The predicted octanol–water partition coefficient (Wildman–Crippen LogP) is 3.62. The minimum atomic E-state index is -3.17. The molecule has 0 spiro atoms. The number of ketones is 1. The van der Waals surface area contributed by atoms with Gasteiger partial charge in [-0.3, -0.25) is 4.79 Å². The van der Waals surface area contributed by atoms with Crippen LogP contribution in [0, 0.1) is 0 Å². The fraction of sp³-hybridized carbons (Fsp3) is 0.533. The Kier molecular flexibility index (Phi) is 4.84. The van der Waals surface area contributed by atoms with Crippen LogP contribution in [0.3, 0.4) is 0 Å². The van der Waals surface area contributed by atoms with Gasteiger partial charge in [-0.1, -0.05) is 11.6 Å². The van der Waals surface area contributed by atoms with E-state index in [-0.39, 0.29) is 16.8 Å². The maximum Gasteiger partial charge on any atom is 0.179 e. The molecule has 0 saturated heterocycles. The molecule has 2 atom stereocenters. The zero-order valence-corrected chi connectivity index (χ0v) is 15.4. The Balaban J connectivity index is 1.92. The van der Waals surface area contributed by atoms with Crippen LogP contribution in [0.1, 0.15) is 24.8 Å². The van der Waals surface area contributed by atoms with Crippen molar-refractivity contribution in [1.82, 2.24) is 0 Å². The summed E-state index contributed by atoms with van der Waals surface area (Å²) >= 11 is 9.66. The van der Waals surface area contributed by atoms with Gasteiger partial charge in [0.15, 0.2) is 9.84 Å². The van der Waals surface area contributed by atoms with E-state index in [0.717, 1.165) is 23.3 Å². The molecule has 2 unspecified atom stereocenters. The van der Waals surface area contributed by atoms with Crippen LogP contribution in [-0.4, -0.2) is 36.7 Å². The van der Waals surface area contributed by atoms with E-state index in [1.165, 1.54) is 11.8 Å². The summed E-state index contributed by atoms with van der Waals surface area (Å²) in [6.07, 6.45) is 5.13. The lowest BCUT2D eigenvalue weighted by molar-refractivity contribution is -0.119. The van der Waals surface area contributed by atoms with Crippen molar-refractivity contribution in [3.05, 3.63) is 22.7 Å². The largest absolute Gasteiger partial charge is 0.298 e. The predicted molar refractivity (Wildman–Crippen MR) is 93.0 cm³/mol. The number of sulfone groups is 1. The second-order valence-electron chi connectivity index (χ2n) is 5.59. The summed E-state index contributed by atoms with van der Waals surface area (Å²) in [5, 5.41) is 0.735. The van der Waals surface area contributed by atoms with Crippen LogP contribution in [-0.2, 0) is 21.1 Å². The van der Waals surface area contributed by atoms with Crippen LogP contribution >= 0.6 is 35.1 Å². The number of carbonyl (C=O) groups excluding carboxylic acids is 1. The van der Waals surface area contributed by atoms with Gasteiger partial charge in [0.1, 0.15) is 5.78 Å². The minimum Gasteiger partial charge on any atom is -0.298 e. The van der Waals surface area contributed by atoms with Crippen LogP contribution in [0.2, 0.25) is 5.02 Å². The molecule has 3 rings (SSSR count). The fourth-order valence-corrected chi connectivity index (χ4v) is 7.52. The highest BCUT2D eigenvalue weighted by molar-refractivity contribution is 8.04. The SMILES string of the molecule is CSC1CCCC(=O)C1Sc1ccc2c(c1Cl)CCS2(=O)=O. The molecule has 1 aromatic carbocycles. The molecule has 0 amide bonds. The Morgan fingerprint density at radius 2 is 2.05 bits per heavy atom. The number of benzene rings is 1. The first-order valence-electron chi connectivity index (χ1n) is 7.20. The topological polar surface area (TPSA) is 51.2 Å². The van der Waals surface area contributed by atoms with Gasteiger partial charge in [0.05, 0.1) is 20.9 Å². The third-order valence-corrected chi connectivity index (χ3v) is 9.31. The maximum atomic E-state index is 12.2. The van der Waals surface area contributed by atoms with Crippen molar-refractivity contribution in [2.75, 3.05) is 12.0 Å². The average Bonchev–Trinajstić information content (AvgIpc) is 2.80. The number of rotatable bonds is 3. The van der Waals surface area contributed by atoms with Crippen molar-refractivity contribution in [3.63, 3.8) is 0 Å². The van der Waals surface area contributed by atoms with Gasteiger partial charge in [0, 0.05) is 16.6 Å². The lowest BCUT2D eigenvalue weighted by Gasteiger charge is -2.28. The number of fused-ring (bicyclic) bond motifs is 1. The van der Waals surface area contributed by atoms with Gasteiger partial charge in [-0.05, 0) is 43.2 Å². The molecule has 2 aliphatic rings. The number of thioether (sulfide) groups is 2. The molecule has 120 valence electrons. The van der Waals surface area contributed by atoms with Crippen LogP contribution in [0.5, 0.6) is 0 Å². The van der Waals surface area contributed by atoms with Gasteiger partial charge in [0.25, 0.3) is 0 Å². The normalized spacial score (nSPS) is 26.9. The van der Waals surface area contributed by atoms with Crippen molar-refractivity contribution in [2.24, 2.45) is 0 Å². The standard InChI is InChI=1S/C15H17ClO3S3/c1-20-12-4-2-3-10(17)15(12)21-11-5-6-13-9(14(11)16)7-8-22(13,18)19/h5-6,12,15H,2-4,7-8H2,1H3. The Bertz CT molecular complexity index is 715. The Labute approximate surface area is 144 Å². The molecule has 22 heavy (non-hydrogen) atoms. The van der Waals surface area contributed by atoms with Crippen LogP contribution in [0.25, 0.3) is 0 Å². The molecule has 3 nitrogen and oxygen atoms in total. The van der Waals surface area contributed by atoms with Crippen LogP contribution in [0.4, 0.5) is 0 Å². The average molecular weight is 377 g/mol. The first-order valence-corrected chi connectivity index (χ1v) is 11.4. The number of carbonyl (C=O) groups is 1. The number of hydrogen-bond acceptors (Lipinski definition) is 5. The monoisotopic (exact) mass is 376 g/mol. The van der Waals surface area contributed by atoms with Gasteiger partial charge < -0.3 is 0 Å². The van der Waals surface area contributed by atoms with E-state index in [9.17, 15) is 13.2 Å². The first-order chi connectivity index (χ1) is 10.4. The third-order valence-electron chi connectivity index (χ3n) is 4.24. The Morgan fingerprint density at radius 1 is 1.27 bits per heavy atom. The fourth-order valence-electron chi connectivity index (χ4n) is 3.04. The maximum absolute atomic E-state index is 12.2. The van der Waals surface area contributed by atoms with Gasteiger partial charge in [-0.25, -0.2) is 8.42 Å². The summed E-state index contributed by atoms with van der Waals surface area (Å²) in [4.78, 5) is 13.4. The smallest absolute Gasteiger partial charge is 0.179 e. The van der Waals surface area contributed by atoms with Crippen molar-refractivity contribution in [3.8, 4) is 0 Å². The molecule has 1 aromatic rings. The number of hydrogen-bond donors (Lipinski definition) is 0. The molecule has 1 aliphatic carbocycles. The van der Waals surface area contributed by atoms with E-state index in [0.29, 0.717) is 28.0 Å². The Hall–Kier alpha value is -0.170. The highest BCUT2D eigenvalue weighted by Crippen LogP contribution is 2.43. The van der Waals surface area contributed by atoms with Crippen molar-refractivity contribution in [1.29, 1.82) is 0 Å². The van der Waals surface area contributed by atoms with E-state index in [1.807, 2.05) is 6.26 Å². The molecular formula is C15H17ClO3S3. The van der Waals surface area contributed by atoms with Gasteiger partial charge in [-0.2, -0.15) is 11.8 Å².